The van der Waals surface area contributed by atoms with Crippen LogP contribution >= 0.6 is 11.3 Å². The summed E-state index contributed by atoms with van der Waals surface area (Å²) in [6.07, 6.45) is 2.46. The zero-order valence-corrected chi connectivity index (χ0v) is 16.4. The third kappa shape index (κ3) is 2.90. The van der Waals surface area contributed by atoms with Gasteiger partial charge < -0.3 is 14.6 Å². The molecule has 1 spiro atoms. The molecular formula is C19H24N4O3S. The van der Waals surface area contributed by atoms with Gasteiger partial charge >= 0.3 is 0 Å². The van der Waals surface area contributed by atoms with Crippen LogP contribution in [0.1, 0.15) is 39.8 Å². The summed E-state index contributed by atoms with van der Waals surface area (Å²) in [5.74, 6) is 2.19. The standard InChI is InChI=1S/C19H24N4O3S/c1-11-4-6-27-17(11)18(24)20-7-13-14-8-23(9-16-21-12(2)22-26-16)10-19(14)5-3-15(13)25-19/h4,6,13-15H,3,5,7-10H2,1-2H3,(H,20,24)/t13-,14+,15+,19+/m0/s1. The van der Waals surface area contributed by atoms with Gasteiger partial charge in [-0.2, -0.15) is 4.98 Å². The Morgan fingerprint density at radius 2 is 2.37 bits per heavy atom. The van der Waals surface area contributed by atoms with Gasteiger partial charge in [0, 0.05) is 31.5 Å². The van der Waals surface area contributed by atoms with Crippen LogP contribution in [-0.2, 0) is 11.3 Å². The third-order valence-electron chi connectivity index (χ3n) is 6.35. The van der Waals surface area contributed by atoms with Crippen molar-refractivity contribution >= 4 is 17.2 Å². The number of nitrogens with zero attached hydrogens (tertiary/aromatic N) is 3. The average Bonchev–Trinajstić information content (AvgIpc) is 3.41. The maximum atomic E-state index is 12.5. The number of thiophene rings is 1. The number of carbonyl (C=O) groups excluding carboxylic acids is 1. The van der Waals surface area contributed by atoms with E-state index in [-0.39, 0.29) is 17.6 Å². The Morgan fingerprint density at radius 3 is 3.11 bits per heavy atom. The molecular weight excluding hydrogens is 364 g/mol. The summed E-state index contributed by atoms with van der Waals surface area (Å²) in [5.41, 5.74) is 0.980. The summed E-state index contributed by atoms with van der Waals surface area (Å²) in [4.78, 5) is 20.0. The topological polar surface area (TPSA) is 80.5 Å². The fourth-order valence-corrected chi connectivity index (χ4v) is 6.01. The SMILES string of the molecule is Cc1noc(CN2C[C@@H]3[C@H](CNC(=O)c4sccc4C)[C@H]4CC[C@]3(C2)O4)n1. The third-order valence-corrected chi connectivity index (χ3v) is 7.36. The van der Waals surface area contributed by atoms with E-state index in [9.17, 15) is 4.79 Å². The number of hydrogen-bond acceptors (Lipinski definition) is 7. The van der Waals surface area contributed by atoms with E-state index < -0.39 is 0 Å². The first-order valence-electron chi connectivity index (χ1n) is 9.56. The summed E-state index contributed by atoms with van der Waals surface area (Å²) in [6, 6.07) is 1.99. The predicted octanol–water partition coefficient (Wildman–Crippen LogP) is 2.16. The molecule has 0 aliphatic carbocycles. The number of hydrogen-bond donors (Lipinski definition) is 1. The normalized spacial score (nSPS) is 32.1. The van der Waals surface area contributed by atoms with Crippen LogP contribution in [0, 0.1) is 25.7 Å². The van der Waals surface area contributed by atoms with E-state index in [1.807, 2.05) is 25.3 Å². The number of nitrogens with one attached hydrogen (secondary N) is 1. The van der Waals surface area contributed by atoms with Gasteiger partial charge in [-0.05, 0) is 43.7 Å². The predicted molar refractivity (Wildman–Crippen MR) is 99.5 cm³/mol. The van der Waals surface area contributed by atoms with Gasteiger partial charge in [-0.25, -0.2) is 0 Å². The van der Waals surface area contributed by atoms with E-state index in [4.69, 9.17) is 9.26 Å². The van der Waals surface area contributed by atoms with Crippen LogP contribution in [0.2, 0.25) is 0 Å². The van der Waals surface area contributed by atoms with Crippen molar-refractivity contribution in [1.82, 2.24) is 20.4 Å². The number of aryl methyl sites for hydroxylation is 2. The number of amides is 1. The van der Waals surface area contributed by atoms with Gasteiger partial charge in [0.1, 0.15) is 0 Å². The van der Waals surface area contributed by atoms with Gasteiger partial charge in [-0.1, -0.05) is 5.16 Å². The molecule has 3 saturated heterocycles. The monoisotopic (exact) mass is 388 g/mol. The fraction of sp³-hybridized carbons (Fsp3) is 0.632. The Balaban J connectivity index is 1.25. The molecule has 0 radical (unpaired) electrons. The first kappa shape index (κ1) is 17.3. The van der Waals surface area contributed by atoms with Crippen LogP contribution in [0.3, 0.4) is 0 Å². The van der Waals surface area contributed by atoms with Gasteiger partial charge in [0.2, 0.25) is 5.89 Å². The molecule has 27 heavy (non-hydrogen) atoms. The molecule has 0 saturated carbocycles. The molecule has 1 N–H and O–H groups in total. The maximum Gasteiger partial charge on any atom is 0.261 e. The van der Waals surface area contributed by atoms with Crippen LogP contribution in [0.4, 0.5) is 0 Å². The highest BCUT2D eigenvalue weighted by Crippen LogP contribution is 2.54. The van der Waals surface area contributed by atoms with Crippen LogP contribution in [0.15, 0.2) is 16.0 Å². The van der Waals surface area contributed by atoms with Gasteiger partial charge in [0.05, 0.1) is 23.1 Å². The number of likely N-dealkylation sites (tertiary alicyclic amines) is 1. The zero-order chi connectivity index (χ0) is 18.6. The summed E-state index contributed by atoms with van der Waals surface area (Å²) in [5, 5.41) is 9.01. The van der Waals surface area contributed by atoms with E-state index >= 15 is 0 Å². The van der Waals surface area contributed by atoms with Crippen molar-refractivity contribution in [3.63, 3.8) is 0 Å². The van der Waals surface area contributed by atoms with Crippen LogP contribution in [-0.4, -0.2) is 52.3 Å². The molecule has 3 aliphatic heterocycles. The van der Waals surface area contributed by atoms with Gasteiger partial charge in [0.25, 0.3) is 5.91 Å². The van der Waals surface area contributed by atoms with Crippen molar-refractivity contribution in [1.29, 1.82) is 0 Å². The molecule has 7 nitrogen and oxygen atoms in total. The van der Waals surface area contributed by atoms with Gasteiger partial charge in [-0.3, -0.25) is 9.69 Å². The summed E-state index contributed by atoms with van der Waals surface area (Å²) < 4.78 is 11.7. The van der Waals surface area contributed by atoms with Crippen molar-refractivity contribution in [2.24, 2.45) is 11.8 Å². The molecule has 144 valence electrons. The lowest BCUT2D eigenvalue weighted by Crippen LogP contribution is -2.41. The minimum absolute atomic E-state index is 0.0375. The zero-order valence-electron chi connectivity index (χ0n) is 15.6. The van der Waals surface area contributed by atoms with Gasteiger partial charge in [-0.15, -0.1) is 11.3 Å². The van der Waals surface area contributed by atoms with Crippen LogP contribution < -0.4 is 5.32 Å². The van der Waals surface area contributed by atoms with Crippen LogP contribution in [0.5, 0.6) is 0 Å². The Kier molecular flexibility index (Phi) is 4.10. The highest BCUT2D eigenvalue weighted by atomic mass is 32.1. The highest BCUT2D eigenvalue weighted by Gasteiger charge is 2.62. The molecule has 0 unspecified atom stereocenters. The molecule has 5 rings (SSSR count). The van der Waals surface area contributed by atoms with E-state index in [0.29, 0.717) is 36.6 Å². The lowest BCUT2D eigenvalue weighted by molar-refractivity contribution is 0.00143. The molecule has 4 atom stereocenters. The van der Waals surface area contributed by atoms with Crippen molar-refractivity contribution in [2.45, 2.75) is 44.9 Å². The Hall–Kier alpha value is -1.77. The average molecular weight is 388 g/mol. The molecule has 2 bridgehead atoms. The van der Waals surface area contributed by atoms with Crippen LogP contribution in [0.25, 0.3) is 0 Å². The number of aromatic nitrogens is 2. The fourth-order valence-electron chi connectivity index (χ4n) is 5.17. The molecule has 1 amide bonds. The molecule has 5 heterocycles. The minimum atomic E-state index is -0.0615. The number of fused-ring (bicyclic) bond motifs is 1. The van der Waals surface area contributed by atoms with Crippen molar-refractivity contribution in [2.75, 3.05) is 19.6 Å². The first-order chi connectivity index (χ1) is 13.0. The smallest absolute Gasteiger partial charge is 0.261 e. The second kappa shape index (κ2) is 6.39. The number of ether oxygens (including phenoxy) is 1. The molecule has 2 aromatic heterocycles. The Bertz CT molecular complexity index is 865. The van der Waals surface area contributed by atoms with E-state index in [1.54, 1.807) is 0 Å². The van der Waals surface area contributed by atoms with E-state index in [1.165, 1.54) is 11.3 Å². The molecule has 3 aliphatic rings. The molecule has 2 aromatic rings. The second-order valence-electron chi connectivity index (χ2n) is 8.08. The lowest BCUT2D eigenvalue weighted by atomic mass is 9.73. The molecule has 0 aromatic carbocycles. The quantitative estimate of drug-likeness (QED) is 0.845. The Labute approximate surface area is 162 Å². The van der Waals surface area contributed by atoms with E-state index in [2.05, 4.69) is 20.4 Å². The van der Waals surface area contributed by atoms with Crippen molar-refractivity contribution in [3.05, 3.63) is 33.6 Å². The molecule has 8 heteroatoms. The number of carbonyl (C=O) groups is 1. The summed E-state index contributed by atoms with van der Waals surface area (Å²) >= 11 is 1.50. The van der Waals surface area contributed by atoms with Crippen molar-refractivity contribution in [3.8, 4) is 0 Å². The Morgan fingerprint density at radius 1 is 1.48 bits per heavy atom. The maximum absolute atomic E-state index is 12.5. The highest BCUT2D eigenvalue weighted by molar-refractivity contribution is 7.12. The lowest BCUT2D eigenvalue weighted by Gasteiger charge is -2.29. The first-order valence-corrected chi connectivity index (χ1v) is 10.4. The summed E-state index contributed by atoms with van der Waals surface area (Å²) in [6.45, 7) is 7.03. The van der Waals surface area contributed by atoms with E-state index in [0.717, 1.165) is 36.4 Å². The van der Waals surface area contributed by atoms with Gasteiger partial charge in [0.15, 0.2) is 5.82 Å². The number of rotatable bonds is 5. The minimum Gasteiger partial charge on any atom is -0.370 e. The summed E-state index contributed by atoms with van der Waals surface area (Å²) in [7, 11) is 0. The van der Waals surface area contributed by atoms with Crippen molar-refractivity contribution < 1.29 is 14.1 Å². The second-order valence-corrected chi connectivity index (χ2v) is 8.99. The largest absolute Gasteiger partial charge is 0.370 e. The molecule has 3 fully saturated rings.